The summed E-state index contributed by atoms with van der Waals surface area (Å²) in [6.07, 6.45) is 3.75. The van der Waals surface area contributed by atoms with Crippen LogP contribution in [0.5, 0.6) is 11.5 Å². The molecule has 2 aromatic carbocycles. The maximum atomic E-state index is 12.1. The summed E-state index contributed by atoms with van der Waals surface area (Å²) in [5, 5.41) is 12.8. The number of ether oxygens (including phenoxy) is 2. The molecule has 3 aromatic rings. The first-order valence-corrected chi connectivity index (χ1v) is 9.54. The summed E-state index contributed by atoms with van der Waals surface area (Å²) in [5.41, 5.74) is 1.89. The van der Waals surface area contributed by atoms with E-state index >= 15 is 0 Å². The first-order valence-electron chi connectivity index (χ1n) is 8.35. The second-order valence-electron chi connectivity index (χ2n) is 5.74. The van der Waals surface area contributed by atoms with Gasteiger partial charge in [-0.2, -0.15) is 0 Å². The number of halogens is 1. The lowest BCUT2D eigenvalue weighted by Gasteiger charge is -2.07. The number of benzene rings is 2. The fraction of sp³-hybridized carbons (Fsp3) is 0.150. The third-order valence-corrected chi connectivity index (χ3v) is 4.89. The zero-order valence-corrected chi connectivity index (χ0v) is 16.9. The SMILES string of the molecule is COc1ccc(/C=C/C(=O)Nc2nnc(Cc3ccc(Cl)cc3)s2)cc1OC. The number of rotatable bonds is 7. The monoisotopic (exact) mass is 415 g/mol. The van der Waals surface area contributed by atoms with Crippen LogP contribution in [0, 0.1) is 0 Å². The molecular formula is C20H18ClN3O3S. The molecule has 1 heterocycles. The molecule has 28 heavy (non-hydrogen) atoms. The third-order valence-electron chi connectivity index (χ3n) is 3.80. The highest BCUT2D eigenvalue weighted by molar-refractivity contribution is 7.15. The van der Waals surface area contributed by atoms with Crippen LogP contribution in [0.15, 0.2) is 48.5 Å². The summed E-state index contributed by atoms with van der Waals surface area (Å²) in [6.45, 7) is 0. The van der Waals surface area contributed by atoms with Crippen LogP contribution in [-0.2, 0) is 11.2 Å². The molecule has 144 valence electrons. The minimum Gasteiger partial charge on any atom is -0.493 e. The Morgan fingerprint density at radius 1 is 1.11 bits per heavy atom. The van der Waals surface area contributed by atoms with E-state index in [2.05, 4.69) is 15.5 Å². The molecule has 0 saturated carbocycles. The number of carbonyl (C=O) groups is 1. The number of carbonyl (C=O) groups excluding carboxylic acids is 1. The Morgan fingerprint density at radius 2 is 1.86 bits per heavy atom. The van der Waals surface area contributed by atoms with Crippen molar-refractivity contribution in [3.05, 3.63) is 69.7 Å². The molecule has 0 fully saturated rings. The van der Waals surface area contributed by atoms with E-state index < -0.39 is 0 Å². The van der Waals surface area contributed by atoms with Crippen LogP contribution in [0.3, 0.4) is 0 Å². The average Bonchev–Trinajstić information content (AvgIpc) is 3.14. The van der Waals surface area contributed by atoms with Gasteiger partial charge in [0.25, 0.3) is 0 Å². The lowest BCUT2D eigenvalue weighted by molar-refractivity contribution is -0.111. The molecule has 1 N–H and O–H groups in total. The van der Waals surface area contributed by atoms with Crippen molar-refractivity contribution in [1.29, 1.82) is 0 Å². The maximum absolute atomic E-state index is 12.1. The minimum absolute atomic E-state index is 0.288. The number of hydrogen-bond donors (Lipinski definition) is 1. The van der Waals surface area contributed by atoms with E-state index in [-0.39, 0.29) is 5.91 Å². The van der Waals surface area contributed by atoms with Crippen molar-refractivity contribution in [2.75, 3.05) is 19.5 Å². The Kier molecular flexibility index (Phi) is 6.62. The van der Waals surface area contributed by atoms with Gasteiger partial charge in [0.1, 0.15) is 5.01 Å². The van der Waals surface area contributed by atoms with Gasteiger partial charge in [-0.15, -0.1) is 10.2 Å². The summed E-state index contributed by atoms with van der Waals surface area (Å²) in [7, 11) is 3.14. The van der Waals surface area contributed by atoms with E-state index in [4.69, 9.17) is 21.1 Å². The first kappa shape index (κ1) is 19.9. The zero-order valence-electron chi connectivity index (χ0n) is 15.3. The van der Waals surface area contributed by atoms with Crippen molar-refractivity contribution in [1.82, 2.24) is 10.2 Å². The normalized spacial score (nSPS) is 10.8. The number of nitrogens with zero attached hydrogens (tertiary/aromatic N) is 2. The number of aromatic nitrogens is 2. The summed E-state index contributed by atoms with van der Waals surface area (Å²) >= 11 is 7.22. The van der Waals surface area contributed by atoms with Crippen molar-refractivity contribution in [3.8, 4) is 11.5 Å². The summed E-state index contributed by atoms with van der Waals surface area (Å²) in [6, 6.07) is 12.9. The van der Waals surface area contributed by atoms with Crippen LogP contribution in [0.4, 0.5) is 5.13 Å². The van der Waals surface area contributed by atoms with Gasteiger partial charge in [-0.3, -0.25) is 10.1 Å². The van der Waals surface area contributed by atoms with Crippen LogP contribution in [0.2, 0.25) is 5.02 Å². The van der Waals surface area contributed by atoms with Crippen LogP contribution in [-0.4, -0.2) is 30.3 Å². The summed E-state index contributed by atoms with van der Waals surface area (Å²) in [4.78, 5) is 12.1. The van der Waals surface area contributed by atoms with Gasteiger partial charge in [-0.05, 0) is 41.5 Å². The number of amides is 1. The van der Waals surface area contributed by atoms with Crippen LogP contribution in [0.1, 0.15) is 16.1 Å². The molecule has 0 saturated heterocycles. The van der Waals surface area contributed by atoms with E-state index in [1.165, 1.54) is 17.4 Å². The topological polar surface area (TPSA) is 73.3 Å². The Bertz CT molecular complexity index is 987. The van der Waals surface area contributed by atoms with Gasteiger partial charge < -0.3 is 9.47 Å². The van der Waals surface area contributed by atoms with Crippen LogP contribution >= 0.6 is 22.9 Å². The Hall–Kier alpha value is -2.90. The average molecular weight is 416 g/mol. The predicted octanol–water partition coefficient (Wildman–Crippen LogP) is 4.45. The fourth-order valence-corrected chi connectivity index (χ4v) is 3.33. The predicted molar refractivity (Wildman–Crippen MR) is 111 cm³/mol. The molecule has 3 rings (SSSR count). The van der Waals surface area contributed by atoms with Gasteiger partial charge in [-0.1, -0.05) is 41.1 Å². The molecule has 0 atom stereocenters. The lowest BCUT2D eigenvalue weighted by atomic mass is 10.2. The standard InChI is InChI=1S/C20H18ClN3O3S/c1-26-16-9-5-13(11-17(16)27-2)6-10-18(25)22-20-24-23-19(28-20)12-14-3-7-15(21)8-4-14/h3-11H,12H2,1-2H3,(H,22,24,25)/b10-6+. The van der Waals surface area contributed by atoms with E-state index in [1.807, 2.05) is 30.3 Å². The molecule has 1 aromatic heterocycles. The van der Waals surface area contributed by atoms with Crippen molar-refractivity contribution in [2.45, 2.75) is 6.42 Å². The van der Waals surface area contributed by atoms with Crippen molar-refractivity contribution >= 4 is 40.1 Å². The van der Waals surface area contributed by atoms with E-state index in [0.717, 1.165) is 16.1 Å². The zero-order chi connectivity index (χ0) is 19.9. The van der Waals surface area contributed by atoms with Crippen molar-refractivity contribution in [3.63, 3.8) is 0 Å². The maximum Gasteiger partial charge on any atom is 0.250 e. The highest BCUT2D eigenvalue weighted by atomic mass is 35.5. The smallest absolute Gasteiger partial charge is 0.250 e. The largest absolute Gasteiger partial charge is 0.493 e. The molecule has 0 aliphatic carbocycles. The molecule has 8 heteroatoms. The van der Waals surface area contributed by atoms with Crippen molar-refractivity contribution < 1.29 is 14.3 Å². The van der Waals surface area contributed by atoms with Gasteiger partial charge in [0.05, 0.1) is 14.2 Å². The van der Waals surface area contributed by atoms with Gasteiger partial charge in [0, 0.05) is 17.5 Å². The Morgan fingerprint density at radius 3 is 2.57 bits per heavy atom. The lowest BCUT2D eigenvalue weighted by Crippen LogP contribution is -2.07. The summed E-state index contributed by atoms with van der Waals surface area (Å²) < 4.78 is 10.5. The van der Waals surface area contributed by atoms with Gasteiger partial charge in [-0.25, -0.2) is 0 Å². The third kappa shape index (κ3) is 5.31. The number of anilines is 1. The molecule has 0 unspecified atom stereocenters. The van der Waals surface area contributed by atoms with Crippen LogP contribution in [0.25, 0.3) is 6.08 Å². The van der Waals surface area contributed by atoms with Crippen molar-refractivity contribution in [2.24, 2.45) is 0 Å². The molecule has 0 bridgehead atoms. The number of hydrogen-bond acceptors (Lipinski definition) is 6. The fourth-order valence-electron chi connectivity index (χ4n) is 2.43. The second-order valence-corrected chi connectivity index (χ2v) is 7.24. The van der Waals surface area contributed by atoms with E-state index in [1.54, 1.807) is 32.4 Å². The first-order chi connectivity index (χ1) is 13.6. The van der Waals surface area contributed by atoms with Gasteiger partial charge in [0.15, 0.2) is 11.5 Å². The molecular weight excluding hydrogens is 398 g/mol. The van der Waals surface area contributed by atoms with Gasteiger partial charge in [0.2, 0.25) is 11.0 Å². The molecule has 1 amide bonds. The van der Waals surface area contributed by atoms with Crippen LogP contribution < -0.4 is 14.8 Å². The number of methoxy groups -OCH3 is 2. The molecule has 0 aliphatic rings. The Labute approximate surface area is 171 Å². The highest BCUT2D eigenvalue weighted by Crippen LogP contribution is 2.28. The highest BCUT2D eigenvalue weighted by Gasteiger charge is 2.08. The van der Waals surface area contributed by atoms with E-state index in [0.29, 0.717) is 28.1 Å². The second kappa shape index (κ2) is 9.34. The quantitative estimate of drug-likeness (QED) is 0.577. The molecule has 0 aliphatic heterocycles. The Balaban J connectivity index is 1.60. The van der Waals surface area contributed by atoms with Gasteiger partial charge >= 0.3 is 0 Å². The number of nitrogens with one attached hydrogen (secondary N) is 1. The summed E-state index contributed by atoms with van der Waals surface area (Å²) in [5.74, 6) is 0.941. The van der Waals surface area contributed by atoms with E-state index in [9.17, 15) is 4.79 Å². The minimum atomic E-state index is -0.288. The molecule has 6 nitrogen and oxygen atoms in total. The molecule has 0 radical (unpaired) electrons. The molecule has 0 spiro atoms.